The Kier molecular flexibility index (Phi) is 5.11. The van der Waals surface area contributed by atoms with Gasteiger partial charge in [0.2, 0.25) is 0 Å². The Hall–Kier alpha value is -1.19. The number of benzene rings is 2. The molecule has 2 rings (SSSR count). The molecule has 3 heteroatoms. The summed E-state index contributed by atoms with van der Waals surface area (Å²) >= 11 is 3.20. The van der Waals surface area contributed by atoms with Gasteiger partial charge in [-0.15, -0.1) is 0 Å². The maximum atomic E-state index is 13.1. The molecule has 0 radical (unpaired) electrons. The first-order valence-electron chi connectivity index (χ1n) is 6.36. The van der Waals surface area contributed by atoms with Gasteiger partial charge in [0, 0.05) is 12.6 Å². The first-order chi connectivity index (χ1) is 9.15. The van der Waals surface area contributed by atoms with Gasteiger partial charge in [-0.3, -0.25) is 0 Å². The van der Waals surface area contributed by atoms with Crippen molar-refractivity contribution >= 4 is 15.9 Å². The zero-order valence-electron chi connectivity index (χ0n) is 10.9. The lowest BCUT2D eigenvalue weighted by Gasteiger charge is -2.14. The Labute approximate surface area is 122 Å². The van der Waals surface area contributed by atoms with Gasteiger partial charge >= 0.3 is 0 Å². The van der Waals surface area contributed by atoms with Crippen molar-refractivity contribution in [3.8, 4) is 0 Å². The molecule has 19 heavy (non-hydrogen) atoms. The molecule has 1 unspecified atom stereocenters. The quantitative estimate of drug-likeness (QED) is 0.865. The van der Waals surface area contributed by atoms with E-state index in [4.69, 9.17) is 0 Å². The predicted octanol–water partition coefficient (Wildman–Crippen LogP) is 4.31. The molecule has 0 amide bonds. The molecule has 1 nitrogen and oxygen atoms in total. The summed E-state index contributed by atoms with van der Waals surface area (Å²) in [5.74, 6) is -0.221. The molecule has 0 heterocycles. The monoisotopic (exact) mass is 321 g/mol. The van der Waals surface area contributed by atoms with Crippen LogP contribution in [0.1, 0.15) is 18.1 Å². The molecule has 0 saturated carbocycles. The van der Waals surface area contributed by atoms with Crippen LogP contribution in [-0.2, 0) is 13.0 Å². The zero-order chi connectivity index (χ0) is 13.7. The van der Waals surface area contributed by atoms with Crippen LogP contribution >= 0.6 is 15.9 Å². The van der Waals surface area contributed by atoms with Crippen molar-refractivity contribution < 1.29 is 4.39 Å². The molecule has 100 valence electrons. The molecule has 0 aliphatic carbocycles. The minimum atomic E-state index is -0.221. The second-order valence-electron chi connectivity index (χ2n) is 4.72. The average Bonchev–Trinajstić information content (AvgIpc) is 2.41. The van der Waals surface area contributed by atoms with Crippen molar-refractivity contribution in [2.45, 2.75) is 25.9 Å². The molecule has 0 fully saturated rings. The van der Waals surface area contributed by atoms with Gasteiger partial charge in [0.05, 0.1) is 4.47 Å². The average molecular weight is 322 g/mol. The van der Waals surface area contributed by atoms with Gasteiger partial charge in [0.25, 0.3) is 0 Å². The molecule has 0 bridgehead atoms. The smallest absolute Gasteiger partial charge is 0.137 e. The summed E-state index contributed by atoms with van der Waals surface area (Å²) in [7, 11) is 0. The van der Waals surface area contributed by atoms with Gasteiger partial charge in [0.15, 0.2) is 0 Å². The van der Waals surface area contributed by atoms with E-state index < -0.39 is 0 Å². The van der Waals surface area contributed by atoms with E-state index in [1.807, 2.05) is 18.2 Å². The fourth-order valence-electron chi connectivity index (χ4n) is 1.98. The summed E-state index contributed by atoms with van der Waals surface area (Å²) in [4.78, 5) is 0. The van der Waals surface area contributed by atoms with Crippen LogP contribution in [-0.4, -0.2) is 6.04 Å². The highest BCUT2D eigenvalue weighted by molar-refractivity contribution is 9.10. The van der Waals surface area contributed by atoms with E-state index in [1.165, 1.54) is 11.6 Å². The lowest BCUT2D eigenvalue weighted by Crippen LogP contribution is -2.27. The minimum Gasteiger partial charge on any atom is -0.310 e. The van der Waals surface area contributed by atoms with Gasteiger partial charge in [-0.2, -0.15) is 0 Å². The molecule has 0 aliphatic heterocycles. The molecular weight excluding hydrogens is 305 g/mol. The van der Waals surface area contributed by atoms with Crippen LogP contribution in [0.25, 0.3) is 0 Å². The summed E-state index contributed by atoms with van der Waals surface area (Å²) < 4.78 is 13.6. The molecule has 2 aromatic rings. The van der Waals surface area contributed by atoms with Crippen LogP contribution in [0.2, 0.25) is 0 Å². The Morgan fingerprint density at radius 2 is 1.84 bits per heavy atom. The Bertz CT molecular complexity index is 528. The van der Waals surface area contributed by atoms with E-state index in [-0.39, 0.29) is 5.82 Å². The van der Waals surface area contributed by atoms with Gasteiger partial charge in [-0.25, -0.2) is 4.39 Å². The summed E-state index contributed by atoms with van der Waals surface area (Å²) in [6.45, 7) is 2.90. The number of rotatable bonds is 5. The highest BCUT2D eigenvalue weighted by atomic mass is 79.9. The first kappa shape index (κ1) is 14.2. The third-order valence-corrected chi connectivity index (χ3v) is 3.63. The van der Waals surface area contributed by atoms with E-state index in [0.717, 1.165) is 18.5 Å². The normalized spacial score (nSPS) is 12.4. The van der Waals surface area contributed by atoms with E-state index in [9.17, 15) is 4.39 Å². The fourth-order valence-corrected chi connectivity index (χ4v) is 2.41. The lowest BCUT2D eigenvalue weighted by molar-refractivity contribution is 0.544. The number of nitrogens with one attached hydrogen (secondary N) is 1. The van der Waals surface area contributed by atoms with Crippen LogP contribution < -0.4 is 5.32 Å². The van der Waals surface area contributed by atoms with E-state index >= 15 is 0 Å². The highest BCUT2D eigenvalue weighted by Gasteiger charge is 2.04. The molecule has 0 spiro atoms. The number of halogens is 2. The highest BCUT2D eigenvalue weighted by Crippen LogP contribution is 2.16. The zero-order valence-corrected chi connectivity index (χ0v) is 12.5. The Morgan fingerprint density at radius 1 is 1.11 bits per heavy atom. The predicted molar refractivity (Wildman–Crippen MR) is 80.5 cm³/mol. The maximum Gasteiger partial charge on any atom is 0.137 e. The van der Waals surface area contributed by atoms with Gasteiger partial charge in [0.1, 0.15) is 5.82 Å². The summed E-state index contributed by atoms with van der Waals surface area (Å²) in [5.41, 5.74) is 2.40. The third-order valence-electron chi connectivity index (χ3n) is 3.02. The minimum absolute atomic E-state index is 0.221. The summed E-state index contributed by atoms with van der Waals surface area (Å²) in [6, 6.07) is 15.9. The summed E-state index contributed by atoms with van der Waals surface area (Å²) in [5, 5.41) is 3.45. The topological polar surface area (TPSA) is 12.0 Å². The molecule has 0 aliphatic rings. The van der Waals surface area contributed by atoms with Crippen LogP contribution in [0.4, 0.5) is 4.39 Å². The van der Waals surface area contributed by atoms with Crippen molar-refractivity contribution in [2.75, 3.05) is 0 Å². The van der Waals surface area contributed by atoms with Crippen molar-refractivity contribution in [2.24, 2.45) is 0 Å². The van der Waals surface area contributed by atoms with Crippen LogP contribution in [0.5, 0.6) is 0 Å². The SMILES string of the molecule is CC(Cc1ccccc1)NCc1ccc(F)c(Br)c1. The van der Waals surface area contributed by atoms with Crippen molar-refractivity contribution in [1.29, 1.82) is 0 Å². The maximum absolute atomic E-state index is 13.1. The second kappa shape index (κ2) is 6.83. The van der Waals surface area contributed by atoms with E-state index in [0.29, 0.717) is 10.5 Å². The first-order valence-corrected chi connectivity index (χ1v) is 7.15. The van der Waals surface area contributed by atoms with Gasteiger partial charge in [-0.05, 0) is 52.5 Å². The Balaban J connectivity index is 1.86. The fraction of sp³-hybridized carbons (Fsp3) is 0.250. The van der Waals surface area contributed by atoms with Crippen LogP contribution in [0.3, 0.4) is 0 Å². The van der Waals surface area contributed by atoms with Crippen LogP contribution in [0, 0.1) is 5.82 Å². The van der Waals surface area contributed by atoms with E-state index in [2.05, 4.69) is 52.4 Å². The van der Waals surface area contributed by atoms with E-state index in [1.54, 1.807) is 0 Å². The molecule has 1 atom stereocenters. The van der Waals surface area contributed by atoms with Gasteiger partial charge < -0.3 is 5.32 Å². The number of hydrogen-bond acceptors (Lipinski definition) is 1. The van der Waals surface area contributed by atoms with Crippen molar-refractivity contribution in [1.82, 2.24) is 5.32 Å². The second-order valence-corrected chi connectivity index (χ2v) is 5.57. The number of hydrogen-bond donors (Lipinski definition) is 1. The standard InChI is InChI=1S/C16H17BrFN/c1-12(9-13-5-3-2-4-6-13)19-11-14-7-8-16(18)15(17)10-14/h2-8,10,12,19H,9,11H2,1H3. The lowest BCUT2D eigenvalue weighted by atomic mass is 10.1. The molecule has 1 N–H and O–H groups in total. The molecule has 2 aromatic carbocycles. The summed E-state index contributed by atoms with van der Waals surface area (Å²) in [6.07, 6.45) is 0.989. The molecule has 0 saturated heterocycles. The van der Waals surface area contributed by atoms with Crippen LogP contribution in [0.15, 0.2) is 53.0 Å². The van der Waals surface area contributed by atoms with Crippen molar-refractivity contribution in [3.63, 3.8) is 0 Å². The Morgan fingerprint density at radius 3 is 2.53 bits per heavy atom. The van der Waals surface area contributed by atoms with Crippen molar-refractivity contribution in [3.05, 3.63) is 69.9 Å². The molecule has 0 aromatic heterocycles. The largest absolute Gasteiger partial charge is 0.310 e. The molecular formula is C16H17BrFN. The third kappa shape index (κ3) is 4.44. The van der Waals surface area contributed by atoms with Gasteiger partial charge in [-0.1, -0.05) is 36.4 Å².